The first kappa shape index (κ1) is 15.1. The molecule has 1 aromatic heterocycles. The number of aryl methyl sites for hydroxylation is 2. The number of ether oxygens (including phenoxy) is 1. The summed E-state index contributed by atoms with van der Waals surface area (Å²) in [5.41, 5.74) is 3.78. The number of nitrogens with one attached hydrogen (secondary N) is 2. The molecule has 6 heteroatoms. The smallest absolute Gasteiger partial charge is 0.412 e. The van der Waals surface area contributed by atoms with Crippen molar-refractivity contribution in [1.82, 2.24) is 4.98 Å². The molecule has 1 heterocycles. The fourth-order valence-electron chi connectivity index (χ4n) is 1.92. The van der Waals surface area contributed by atoms with Crippen molar-refractivity contribution in [3.63, 3.8) is 0 Å². The lowest BCUT2D eigenvalue weighted by Crippen LogP contribution is -2.11. The third-order valence-corrected chi connectivity index (χ3v) is 3.18. The van der Waals surface area contributed by atoms with Gasteiger partial charge in [0.15, 0.2) is 0 Å². The lowest BCUT2D eigenvalue weighted by Gasteiger charge is -2.12. The Morgan fingerprint density at radius 1 is 1.29 bits per heavy atom. The number of nitrogens with zero attached hydrogens (tertiary/aromatic N) is 1. The van der Waals surface area contributed by atoms with Gasteiger partial charge in [0.2, 0.25) is 0 Å². The number of rotatable bonds is 3. The van der Waals surface area contributed by atoms with Crippen molar-refractivity contribution in [2.45, 2.75) is 13.8 Å². The van der Waals surface area contributed by atoms with Gasteiger partial charge in [0.05, 0.1) is 29.7 Å². The molecule has 2 aromatic rings. The van der Waals surface area contributed by atoms with Crippen LogP contribution in [-0.2, 0) is 4.74 Å². The zero-order chi connectivity index (χ0) is 15.4. The molecule has 110 valence electrons. The number of hydrogen-bond donors (Lipinski definition) is 2. The summed E-state index contributed by atoms with van der Waals surface area (Å²) in [5, 5.41) is 6.37. The quantitative estimate of drug-likeness (QED) is 0.888. The van der Waals surface area contributed by atoms with Crippen LogP contribution < -0.4 is 10.6 Å². The summed E-state index contributed by atoms with van der Waals surface area (Å²) in [5.74, 6) is 0.416. The van der Waals surface area contributed by atoms with Gasteiger partial charge in [-0.25, -0.2) is 9.78 Å². The highest BCUT2D eigenvalue weighted by molar-refractivity contribution is 6.33. The number of carbonyl (C=O) groups excluding carboxylic acids is 1. The molecule has 0 radical (unpaired) electrons. The van der Waals surface area contributed by atoms with Crippen molar-refractivity contribution in [1.29, 1.82) is 0 Å². The normalized spacial score (nSPS) is 10.1. The Labute approximate surface area is 128 Å². The first-order chi connectivity index (χ1) is 9.99. The van der Waals surface area contributed by atoms with Crippen LogP contribution in [0.4, 0.5) is 22.0 Å². The van der Waals surface area contributed by atoms with Crippen LogP contribution >= 0.6 is 11.6 Å². The predicted molar refractivity (Wildman–Crippen MR) is 84.5 cm³/mol. The van der Waals surface area contributed by atoms with E-state index in [0.717, 1.165) is 22.5 Å². The van der Waals surface area contributed by atoms with Crippen molar-refractivity contribution in [3.05, 3.63) is 46.6 Å². The summed E-state index contributed by atoms with van der Waals surface area (Å²) in [6, 6.07) is 7.43. The van der Waals surface area contributed by atoms with Gasteiger partial charge in [-0.15, -0.1) is 0 Å². The average Bonchev–Trinajstić information content (AvgIpc) is 2.44. The molecule has 2 rings (SSSR count). The Balaban J connectivity index is 2.16. The molecule has 1 aromatic carbocycles. The maximum absolute atomic E-state index is 11.1. The number of carbonyl (C=O) groups is 1. The number of anilines is 3. The zero-order valence-electron chi connectivity index (χ0n) is 12.0. The standard InChI is InChI=1S/C15H16ClN3O2/c1-9-6-10(2)14(12(16)7-9)18-11-4-5-13(17-8-11)19-15(20)21-3/h4-8,18H,1-3H3,(H,17,19,20). The van der Waals surface area contributed by atoms with Crippen molar-refractivity contribution < 1.29 is 9.53 Å². The molecule has 5 nitrogen and oxygen atoms in total. The third kappa shape index (κ3) is 3.86. The van der Waals surface area contributed by atoms with Crippen LogP contribution in [0.25, 0.3) is 0 Å². The molecule has 0 unspecified atom stereocenters. The van der Waals surface area contributed by atoms with Gasteiger partial charge in [-0.3, -0.25) is 5.32 Å². The van der Waals surface area contributed by atoms with Crippen molar-refractivity contribution in [3.8, 4) is 0 Å². The van der Waals surface area contributed by atoms with E-state index < -0.39 is 6.09 Å². The van der Waals surface area contributed by atoms with Gasteiger partial charge in [0, 0.05) is 0 Å². The molecule has 0 saturated heterocycles. The molecule has 1 amide bonds. The number of halogens is 1. The van der Waals surface area contributed by atoms with Gasteiger partial charge < -0.3 is 10.1 Å². The second kappa shape index (κ2) is 6.45. The zero-order valence-corrected chi connectivity index (χ0v) is 12.8. The Kier molecular flexibility index (Phi) is 4.65. The highest BCUT2D eigenvalue weighted by atomic mass is 35.5. The first-order valence-electron chi connectivity index (χ1n) is 6.34. The highest BCUT2D eigenvalue weighted by Gasteiger charge is 2.07. The molecule has 0 saturated carbocycles. The van der Waals surface area contributed by atoms with Crippen LogP contribution in [0.2, 0.25) is 5.02 Å². The van der Waals surface area contributed by atoms with E-state index in [1.54, 1.807) is 18.3 Å². The van der Waals surface area contributed by atoms with E-state index in [-0.39, 0.29) is 0 Å². The maximum Gasteiger partial charge on any atom is 0.412 e. The van der Waals surface area contributed by atoms with Gasteiger partial charge in [0.25, 0.3) is 0 Å². The van der Waals surface area contributed by atoms with Crippen LogP contribution in [0, 0.1) is 13.8 Å². The van der Waals surface area contributed by atoms with E-state index >= 15 is 0 Å². The van der Waals surface area contributed by atoms with Crippen LogP contribution in [-0.4, -0.2) is 18.2 Å². The maximum atomic E-state index is 11.1. The van der Waals surface area contributed by atoms with E-state index in [2.05, 4.69) is 26.4 Å². The number of pyridine rings is 1. The Morgan fingerprint density at radius 2 is 2.05 bits per heavy atom. The highest BCUT2D eigenvalue weighted by Crippen LogP contribution is 2.30. The lowest BCUT2D eigenvalue weighted by atomic mass is 10.1. The molecule has 0 spiro atoms. The van der Waals surface area contributed by atoms with Gasteiger partial charge in [-0.2, -0.15) is 0 Å². The molecule has 0 atom stereocenters. The Hall–Kier alpha value is -2.27. The van der Waals surface area contributed by atoms with Crippen molar-refractivity contribution in [2.24, 2.45) is 0 Å². The number of hydrogen-bond acceptors (Lipinski definition) is 4. The summed E-state index contributed by atoms with van der Waals surface area (Å²) >= 11 is 6.25. The van der Waals surface area contributed by atoms with Crippen molar-refractivity contribution >= 4 is 34.9 Å². The van der Waals surface area contributed by atoms with Crippen LogP contribution in [0.5, 0.6) is 0 Å². The molecule has 0 aliphatic rings. The molecule has 0 aliphatic heterocycles. The monoisotopic (exact) mass is 305 g/mol. The van der Waals surface area contributed by atoms with Gasteiger partial charge in [0.1, 0.15) is 5.82 Å². The topological polar surface area (TPSA) is 63.2 Å². The Bertz CT molecular complexity index is 633. The second-order valence-electron chi connectivity index (χ2n) is 4.61. The van der Waals surface area contributed by atoms with Crippen LogP contribution in [0.15, 0.2) is 30.5 Å². The molecule has 0 aliphatic carbocycles. The van der Waals surface area contributed by atoms with Crippen LogP contribution in [0.3, 0.4) is 0 Å². The minimum Gasteiger partial charge on any atom is -0.453 e. The minimum atomic E-state index is -0.555. The average molecular weight is 306 g/mol. The second-order valence-corrected chi connectivity index (χ2v) is 5.02. The molecule has 21 heavy (non-hydrogen) atoms. The van der Waals surface area contributed by atoms with Crippen molar-refractivity contribution in [2.75, 3.05) is 17.7 Å². The van der Waals surface area contributed by atoms with Crippen LogP contribution in [0.1, 0.15) is 11.1 Å². The molecule has 0 fully saturated rings. The number of benzene rings is 1. The van der Waals surface area contributed by atoms with E-state index in [9.17, 15) is 4.79 Å². The number of aromatic nitrogens is 1. The first-order valence-corrected chi connectivity index (χ1v) is 6.72. The fourth-order valence-corrected chi connectivity index (χ4v) is 2.28. The molecular weight excluding hydrogens is 290 g/mol. The minimum absolute atomic E-state index is 0.416. The van der Waals surface area contributed by atoms with Gasteiger partial charge >= 0.3 is 6.09 Å². The predicted octanol–water partition coefficient (Wildman–Crippen LogP) is 4.27. The summed E-state index contributed by atoms with van der Waals surface area (Å²) in [7, 11) is 1.30. The number of amides is 1. The van der Waals surface area contributed by atoms with E-state index in [1.807, 2.05) is 19.9 Å². The molecular formula is C15H16ClN3O2. The third-order valence-electron chi connectivity index (χ3n) is 2.88. The molecule has 0 bridgehead atoms. The van der Waals surface area contributed by atoms with E-state index in [1.165, 1.54) is 7.11 Å². The molecule has 2 N–H and O–H groups in total. The summed E-state index contributed by atoms with van der Waals surface area (Å²) in [4.78, 5) is 15.2. The summed E-state index contributed by atoms with van der Waals surface area (Å²) < 4.78 is 4.50. The van der Waals surface area contributed by atoms with Gasteiger partial charge in [-0.1, -0.05) is 17.7 Å². The lowest BCUT2D eigenvalue weighted by molar-refractivity contribution is 0.187. The summed E-state index contributed by atoms with van der Waals surface area (Å²) in [6.07, 6.45) is 1.06. The Morgan fingerprint density at radius 3 is 2.62 bits per heavy atom. The van der Waals surface area contributed by atoms with E-state index in [0.29, 0.717) is 10.8 Å². The number of methoxy groups -OCH3 is 1. The summed E-state index contributed by atoms with van der Waals surface area (Å²) in [6.45, 7) is 3.99. The van der Waals surface area contributed by atoms with Gasteiger partial charge in [-0.05, 0) is 43.2 Å². The SMILES string of the molecule is COC(=O)Nc1ccc(Nc2c(C)cc(C)cc2Cl)cn1. The largest absolute Gasteiger partial charge is 0.453 e. The van der Waals surface area contributed by atoms with E-state index in [4.69, 9.17) is 11.6 Å². The fraction of sp³-hybridized carbons (Fsp3) is 0.200.